The van der Waals surface area contributed by atoms with Crippen LogP contribution in [0.1, 0.15) is 18.5 Å². The summed E-state index contributed by atoms with van der Waals surface area (Å²) in [7, 11) is 1.61. The number of hydrogen-bond donors (Lipinski definition) is 1. The Morgan fingerprint density at radius 3 is 2.61 bits per heavy atom. The lowest BCUT2D eigenvalue weighted by Gasteiger charge is -2.17. The van der Waals surface area contributed by atoms with Crippen molar-refractivity contribution in [1.29, 1.82) is 0 Å². The maximum absolute atomic E-state index is 5.03. The summed E-state index contributed by atoms with van der Waals surface area (Å²) in [6, 6.07) is 12.2. The third-order valence-corrected chi connectivity index (χ3v) is 3.42. The minimum atomic E-state index is 0.204. The maximum atomic E-state index is 5.03. The number of methoxy groups -OCH3 is 1. The van der Waals surface area contributed by atoms with Gasteiger partial charge in [-0.2, -0.15) is 0 Å². The standard InChI is InChI=1S/C14H15BrN2O/c1-10(12-5-3-4-6-13(12)15)17-11-7-8-14(18-2)16-9-11/h3-10,17H,1-2H3. The fraction of sp³-hybridized carbons (Fsp3) is 0.214. The highest BCUT2D eigenvalue weighted by Crippen LogP contribution is 2.26. The van der Waals surface area contributed by atoms with Crippen LogP contribution in [0.5, 0.6) is 5.88 Å². The van der Waals surface area contributed by atoms with Crippen LogP contribution in [0.4, 0.5) is 5.69 Å². The summed E-state index contributed by atoms with van der Waals surface area (Å²) in [4.78, 5) is 4.17. The second-order valence-corrected chi connectivity index (χ2v) is 4.83. The van der Waals surface area contributed by atoms with E-state index in [1.54, 1.807) is 13.3 Å². The summed E-state index contributed by atoms with van der Waals surface area (Å²) in [6.45, 7) is 2.12. The molecule has 1 heterocycles. The minimum Gasteiger partial charge on any atom is -0.481 e. The van der Waals surface area contributed by atoms with Crippen molar-refractivity contribution in [3.63, 3.8) is 0 Å². The number of aromatic nitrogens is 1. The van der Waals surface area contributed by atoms with Gasteiger partial charge in [0.1, 0.15) is 0 Å². The van der Waals surface area contributed by atoms with Gasteiger partial charge in [0.05, 0.1) is 19.0 Å². The maximum Gasteiger partial charge on any atom is 0.213 e. The van der Waals surface area contributed by atoms with Crippen LogP contribution in [0.2, 0.25) is 0 Å². The average Bonchev–Trinajstić information content (AvgIpc) is 2.40. The number of benzene rings is 1. The molecule has 0 spiro atoms. The molecule has 0 bridgehead atoms. The van der Waals surface area contributed by atoms with Gasteiger partial charge in [0.2, 0.25) is 5.88 Å². The van der Waals surface area contributed by atoms with Crippen molar-refractivity contribution >= 4 is 21.6 Å². The lowest BCUT2D eigenvalue weighted by molar-refractivity contribution is 0.398. The first-order chi connectivity index (χ1) is 8.70. The Balaban J connectivity index is 2.11. The Hall–Kier alpha value is -1.55. The van der Waals surface area contributed by atoms with Crippen LogP contribution in [-0.4, -0.2) is 12.1 Å². The van der Waals surface area contributed by atoms with E-state index >= 15 is 0 Å². The number of rotatable bonds is 4. The van der Waals surface area contributed by atoms with Gasteiger partial charge in [-0.1, -0.05) is 34.1 Å². The first-order valence-corrected chi connectivity index (χ1v) is 6.51. The molecule has 0 saturated heterocycles. The lowest BCUT2D eigenvalue weighted by atomic mass is 10.1. The molecule has 4 heteroatoms. The van der Waals surface area contributed by atoms with E-state index in [0.717, 1.165) is 10.2 Å². The highest BCUT2D eigenvalue weighted by molar-refractivity contribution is 9.10. The lowest BCUT2D eigenvalue weighted by Crippen LogP contribution is -2.07. The second kappa shape index (κ2) is 5.87. The van der Waals surface area contributed by atoms with Crippen LogP contribution in [-0.2, 0) is 0 Å². The normalized spacial score (nSPS) is 11.9. The Labute approximate surface area is 115 Å². The zero-order chi connectivity index (χ0) is 13.0. The number of nitrogens with one attached hydrogen (secondary N) is 1. The molecular formula is C14H15BrN2O. The van der Waals surface area contributed by atoms with Gasteiger partial charge in [0, 0.05) is 16.6 Å². The van der Waals surface area contributed by atoms with Crippen molar-refractivity contribution in [2.45, 2.75) is 13.0 Å². The third-order valence-electron chi connectivity index (χ3n) is 2.70. The molecule has 1 unspecified atom stereocenters. The zero-order valence-corrected chi connectivity index (χ0v) is 11.9. The van der Waals surface area contributed by atoms with E-state index in [2.05, 4.69) is 39.2 Å². The Morgan fingerprint density at radius 2 is 2.00 bits per heavy atom. The fourth-order valence-electron chi connectivity index (χ4n) is 1.74. The molecule has 1 aromatic carbocycles. The van der Waals surface area contributed by atoms with E-state index in [-0.39, 0.29) is 6.04 Å². The van der Waals surface area contributed by atoms with E-state index in [9.17, 15) is 0 Å². The van der Waals surface area contributed by atoms with Crippen LogP contribution >= 0.6 is 15.9 Å². The molecule has 2 aromatic rings. The molecule has 0 aliphatic heterocycles. The summed E-state index contributed by atoms with van der Waals surface area (Å²) in [5.74, 6) is 0.620. The van der Waals surface area contributed by atoms with Crippen LogP contribution in [0.25, 0.3) is 0 Å². The summed E-state index contributed by atoms with van der Waals surface area (Å²) in [5.41, 5.74) is 2.19. The van der Waals surface area contributed by atoms with E-state index in [4.69, 9.17) is 4.74 Å². The summed E-state index contributed by atoms with van der Waals surface area (Å²) < 4.78 is 6.13. The van der Waals surface area contributed by atoms with Crippen molar-refractivity contribution in [2.24, 2.45) is 0 Å². The van der Waals surface area contributed by atoms with Gasteiger partial charge < -0.3 is 10.1 Å². The van der Waals surface area contributed by atoms with Gasteiger partial charge >= 0.3 is 0 Å². The number of nitrogens with zero attached hydrogens (tertiary/aromatic N) is 1. The number of anilines is 1. The van der Waals surface area contributed by atoms with Crippen LogP contribution < -0.4 is 10.1 Å². The largest absolute Gasteiger partial charge is 0.481 e. The predicted molar refractivity (Wildman–Crippen MR) is 77.0 cm³/mol. The van der Waals surface area contributed by atoms with Crippen LogP contribution in [0, 0.1) is 0 Å². The van der Waals surface area contributed by atoms with E-state index in [1.807, 2.05) is 30.3 Å². The van der Waals surface area contributed by atoms with Crippen LogP contribution in [0.15, 0.2) is 47.1 Å². The first kappa shape index (κ1) is 12.9. The highest BCUT2D eigenvalue weighted by Gasteiger charge is 2.08. The number of pyridine rings is 1. The van der Waals surface area contributed by atoms with Gasteiger partial charge in [-0.3, -0.25) is 0 Å². The summed E-state index contributed by atoms with van der Waals surface area (Å²) in [6.07, 6.45) is 1.77. The van der Waals surface area contributed by atoms with E-state index in [1.165, 1.54) is 5.56 Å². The predicted octanol–water partition coefficient (Wildman–Crippen LogP) is 4.03. The molecule has 3 nitrogen and oxygen atoms in total. The molecule has 0 amide bonds. The van der Waals surface area contributed by atoms with Crippen molar-refractivity contribution in [2.75, 3.05) is 12.4 Å². The second-order valence-electron chi connectivity index (χ2n) is 3.98. The first-order valence-electron chi connectivity index (χ1n) is 5.71. The van der Waals surface area contributed by atoms with Gasteiger partial charge in [-0.05, 0) is 24.6 Å². The van der Waals surface area contributed by atoms with Crippen molar-refractivity contribution < 1.29 is 4.74 Å². The molecule has 1 N–H and O–H groups in total. The van der Waals surface area contributed by atoms with E-state index in [0.29, 0.717) is 5.88 Å². The molecular weight excluding hydrogens is 292 g/mol. The van der Waals surface area contributed by atoms with Crippen molar-refractivity contribution in [1.82, 2.24) is 4.98 Å². The van der Waals surface area contributed by atoms with Gasteiger partial charge in [0.25, 0.3) is 0 Å². The Bertz CT molecular complexity index is 513. The molecule has 0 saturated carbocycles. The molecule has 94 valence electrons. The number of hydrogen-bond acceptors (Lipinski definition) is 3. The van der Waals surface area contributed by atoms with Crippen molar-refractivity contribution in [3.8, 4) is 5.88 Å². The molecule has 2 rings (SSSR count). The van der Waals surface area contributed by atoms with Gasteiger partial charge in [-0.15, -0.1) is 0 Å². The molecule has 0 radical (unpaired) electrons. The zero-order valence-electron chi connectivity index (χ0n) is 10.4. The number of halogens is 1. The molecule has 0 aliphatic carbocycles. The molecule has 18 heavy (non-hydrogen) atoms. The smallest absolute Gasteiger partial charge is 0.213 e. The van der Waals surface area contributed by atoms with Crippen LogP contribution in [0.3, 0.4) is 0 Å². The summed E-state index contributed by atoms with van der Waals surface area (Å²) in [5, 5.41) is 3.40. The topological polar surface area (TPSA) is 34.1 Å². The Kier molecular flexibility index (Phi) is 4.20. The van der Waals surface area contributed by atoms with Crippen molar-refractivity contribution in [3.05, 3.63) is 52.6 Å². The minimum absolute atomic E-state index is 0.204. The number of ether oxygens (including phenoxy) is 1. The molecule has 0 aliphatic rings. The van der Waals surface area contributed by atoms with Gasteiger partial charge in [-0.25, -0.2) is 4.98 Å². The van der Waals surface area contributed by atoms with Gasteiger partial charge in [0.15, 0.2) is 0 Å². The molecule has 1 aromatic heterocycles. The summed E-state index contributed by atoms with van der Waals surface area (Å²) >= 11 is 3.56. The quantitative estimate of drug-likeness (QED) is 0.926. The fourth-order valence-corrected chi connectivity index (χ4v) is 2.37. The molecule has 0 fully saturated rings. The Morgan fingerprint density at radius 1 is 1.22 bits per heavy atom. The third kappa shape index (κ3) is 3.01. The molecule has 1 atom stereocenters. The van der Waals surface area contributed by atoms with E-state index < -0.39 is 0 Å². The monoisotopic (exact) mass is 306 g/mol. The average molecular weight is 307 g/mol. The highest BCUT2D eigenvalue weighted by atomic mass is 79.9. The SMILES string of the molecule is COc1ccc(NC(C)c2ccccc2Br)cn1.